The number of hydrogen-bond donors (Lipinski definition) is 2. The van der Waals surface area contributed by atoms with Gasteiger partial charge in [0.05, 0.1) is 5.92 Å². The van der Waals surface area contributed by atoms with Crippen LogP contribution in [0.3, 0.4) is 0 Å². The van der Waals surface area contributed by atoms with Gasteiger partial charge in [0, 0.05) is 18.8 Å². The Morgan fingerprint density at radius 2 is 1.90 bits per heavy atom. The van der Waals surface area contributed by atoms with Crippen molar-refractivity contribution in [2.45, 2.75) is 19.8 Å². The van der Waals surface area contributed by atoms with Crippen LogP contribution in [0.1, 0.15) is 18.4 Å². The van der Waals surface area contributed by atoms with Crippen molar-refractivity contribution >= 4 is 23.5 Å². The van der Waals surface area contributed by atoms with Crippen LogP contribution in [-0.4, -0.2) is 40.9 Å². The predicted octanol–water partition coefficient (Wildman–Crippen LogP) is 1.26. The van der Waals surface area contributed by atoms with Crippen molar-refractivity contribution in [3.8, 4) is 0 Å². The lowest BCUT2D eigenvalue weighted by Gasteiger charge is -2.30. The fourth-order valence-corrected chi connectivity index (χ4v) is 2.33. The van der Waals surface area contributed by atoms with Crippen LogP contribution in [0.25, 0.3) is 0 Å². The van der Waals surface area contributed by atoms with E-state index in [0.717, 1.165) is 5.56 Å². The van der Waals surface area contributed by atoms with E-state index in [4.69, 9.17) is 5.11 Å². The molecule has 1 atom stereocenters. The number of amides is 2. The van der Waals surface area contributed by atoms with Crippen molar-refractivity contribution in [3.05, 3.63) is 29.8 Å². The summed E-state index contributed by atoms with van der Waals surface area (Å²) < 4.78 is 0. The Bertz CT molecular complexity index is 553. The summed E-state index contributed by atoms with van der Waals surface area (Å²) in [6, 6.07) is 7.11. The fourth-order valence-electron chi connectivity index (χ4n) is 2.33. The molecule has 0 bridgehead atoms. The number of aryl methyl sites for hydroxylation is 1. The second-order valence-corrected chi connectivity index (χ2v) is 5.25. The minimum Gasteiger partial charge on any atom is -0.481 e. The molecule has 1 aromatic carbocycles. The molecule has 2 rings (SSSR count). The summed E-state index contributed by atoms with van der Waals surface area (Å²) >= 11 is 0. The van der Waals surface area contributed by atoms with Gasteiger partial charge in [0.15, 0.2) is 0 Å². The van der Waals surface area contributed by atoms with E-state index in [0.29, 0.717) is 25.1 Å². The molecular formula is C15H18N2O4. The fraction of sp³-hybridized carbons (Fsp3) is 0.400. The Balaban J connectivity index is 1.97. The SMILES string of the molecule is Cc1ccc(NC(=O)C(=O)N2CCC[C@H](C(=O)O)C2)cc1. The first-order valence-electron chi connectivity index (χ1n) is 6.87. The molecular weight excluding hydrogens is 272 g/mol. The summed E-state index contributed by atoms with van der Waals surface area (Å²) in [6.45, 7) is 2.44. The van der Waals surface area contributed by atoms with Crippen molar-refractivity contribution in [3.63, 3.8) is 0 Å². The van der Waals surface area contributed by atoms with Gasteiger partial charge in [-0.15, -0.1) is 0 Å². The van der Waals surface area contributed by atoms with Crippen LogP contribution >= 0.6 is 0 Å². The predicted molar refractivity (Wildman–Crippen MR) is 76.7 cm³/mol. The molecule has 2 amide bonds. The maximum absolute atomic E-state index is 12.1. The minimum atomic E-state index is -0.925. The lowest BCUT2D eigenvalue weighted by molar-refractivity contribution is -0.149. The van der Waals surface area contributed by atoms with Gasteiger partial charge in [-0.1, -0.05) is 17.7 Å². The molecule has 0 aromatic heterocycles. The van der Waals surface area contributed by atoms with Crippen molar-refractivity contribution in [1.82, 2.24) is 4.90 Å². The summed E-state index contributed by atoms with van der Waals surface area (Å²) in [4.78, 5) is 36.3. The van der Waals surface area contributed by atoms with Crippen LogP contribution in [0.15, 0.2) is 24.3 Å². The zero-order valence-electron chi connectivity index (χ0n) is 11.8. The Morgan fingerprint density at radius 1 is 1.24 bits per heavy atom. The van der Waals surface area contributed by atoms with E-state index in [9.17, 15) is 14.4 Å². The second kappa shape index (κ2) is 6.39. The van der Waals surface area contributed by atoms with Crippen molar-refractivity contribution in [1.29, 1.82) is 0 Å². The van der Waals surface area contributed by atoms with Gasteiger partial charge in [-0.3, -0.25) is 14.4 Å². The first-order chi connectivity index (χ1) is 9.97. The van der Waals surface area contributed by atoms with Gasteiger partial charge >= 0.3 is 17.8 Å². The highest BCUT2D eigenvalue weighted by Gasteiger charge is 2.31. The van der Waals surface area contributed by atoms with Crippen LogP contribution in [0, 0.1) is 12.8 Å². The number of carboxylic acid groups (broad SMARTS) is 1. The number of aliphatic carboxylic acids is 1. The molecule has 6 nitrogen and oxygen atoms in total. The number of hydrogen-bond acceptors (Lipinski definition) is 3. The lowest BCUT2D eigenvalue weighted by atomic mass is 9.98. The van der Waals surface area contributed by atoms with Gasteiger partial charge in [-0.05, 0) is 31.9 Å². The summed E-state index contributed by atoms with van der Waals surface area (Å²) in [5, 5.41) is 11.5. The van der Waals surface area contributed by atoms with Gasteiger partial charge in [0.2, 0.25) is 0 Å². The van der Waals surface area contributed by atoms with Gasteiger partial charge in [-0.2, -0.15) is 0 Å². The molecule has 1 saturated heterocycles. The molecule has 0 aliphatic carbocycles. The van der Waals surface area contributed by atoms with Gasteiger partial charge in [-0.25, -0.2) is 0 Å². The van der Waals surface area contributed by atoms with Gasteiger partial charge < -0.3 is 15.3 Å². The molecule has 2 N–H and O–H groups in total. The standard InChI is InChI=1S/C15H18N2O4/c1-10-4-6-12(7-5-10)16-13(18)14(19)17-8-2-3-11(9-17)15(20)21/h4-7,11H,2-3,8-9H2,1H3,(H,16,18)(H,20,21)/t11-/m0/s1. The van der Waals surface area contributed by atoms with Crippen molar-refractivity contribution in [2.24, 2.45) is 5.92 Å². The van der Waals surface area contributed by atoms with Crippen molar-refractivity contribution < 1.29 is 19.5 Å². The highest BCUT2D eigenvalue weighted by Crippen LogP contribution is 2.17. The van der Waals surface area contributed by atoms with Crippen LogP contribution < -0.4 is 5.32 Å². The third kappa shape index (κ3) is 3.81. The number of carboxylic acids is 1. The third-order valence-electron chi connectivity index (χ3n) is 3.56. The largest absolute Gasteiger partial charge is 0.481 e. The molecule has 0 unspecified atom stereocenters. The molecule has 6 heteroatoms. The molecule has 1 heterocycles. The molecule has 0 saturated carbocycles. The van der Waals surface area contributed by atoms with Crippen molar-refractivity contribution in [2.75, 3.05) is 18.4 Å². The van der Waals surface area contributed by atoms with E-state index in [1.54, 1.807) is 12.1 Å². The Morgan fingerprint density at radius 3 is 2.52 bits per heavy atom. The van der Waals surface area contributed by atoms with Crippen LogP contribution in [-0.2, 0) is 14.4 Å². The topological polar surface area (TPSA) is 86.7 Å². The molecule has 0 radical (unpaired) electrons. The zero-order chi connectivity index (χ0) is 15.4. The average molecular weight is 290 g/mol. The molecule has 1 aliphatic rings. The van der Waals surface area contributed by atoms with Crippen LogP contribution in [0.4, 0.5) is 5.69 Å². The quantitative estimate of drug-likeness (QED) is 0.803. The maximum Gasteiger partial charge on any atom is 0.313 e. The Kier molecular flexibility index (Phi) is 4.57. The smallest absolute Gasteiger partial charge is 0.313 e. The number of nitrogens with one attached hydrogen (secondary N) is 1. The average Bonchev–Trinajstić information content (AvgIpc) is 2.49. The molecule has 21 heavy (non-hydrogen) atoms. The van der Waals surface area contributed by atoms with E-state index < -0.39 is 23.7 Å². The molecule has 1 aromatic rings. The highest BCUT2D eigenvalue weighted by molar-refractivity contribution is 6.39. The van der Waals surface area contributed by atoms with E-state index in [1.165, 1.54) is 4.90 Å². The monoisotopic (exact) mass is 290 g/mol. The van der Waals surface area contributed by atoms with E-state index in [1.807, 2.05) is 19.1 Å². The maximum atomic E-state index is 12.1. The lowest BCUT2D eigenvalue weighted by Crippen LogP contribution is -2.46. The van der Waals surface area contributed by atoms with Gasteiger partial charge in [0.25, 0.3) is 0 Å². The number of carbonyl (C=O) groups excluding carboxylic acids is 2. The number of benzene rings is 1. The highest BCUT2D eigenvalue weighted by atomic mass is 16.4. The number of anilines is 1. The number of rotatable bonds is 2. The van der Waals surface area contributed by atoms with E-state index in [2.05, 4.69) is 5.32 Å². The number of piperidine rings is 1. The Labute approximate surface area is 122 Å². The normalized spacial score (nSPS) is 18.1. The summed E-state index contributed by atoms with van der Waals surface area (Å²) in [5.41, 5.74) is 1.60. The second-order valence-electron chi connectivity index (χ2n) is 5.25. The molecule has 1 aliphatic heterocycles. The molecule has 0 spiro atoms. The van der Waals surface area contributed by atoms with E-state index in [-0.39, 0.29) is 6.54 Å². The number of nitrogens with zero attached hydrogens (tertiary/aromatic N) is 1. The minimum absolute atomic E-state index is 0.0927. The summed E-state index contributed by atoms with van der Waals surface area (Å²) in [6.07, 6.45) is 1.14. The molecule has 1 fully saturated rings. The Hall–Kier alpha value is -2.37. The molecule has 112 valence electrons. The van der Waals surface area contributed by atoms with Gasteiger partial charge in [0.1, 0.15) is 0 Å². The third-order valence-corrected chi connectivity index (χ3v) is 3.56. The number of likely N-dealkylation sites (tertiary alicyclic amines) is 1. The first kappa shape index (κ1) is 15.0. The van der Waals surface area contributed by atoms with E-state index >= 15 is 0 Å². The first-order valence-corrected chi connectivity index (χ1v) is 6.87. The van der Waals surface area contributed by atoms with Crippen LogP contribution in [0.2, 0.25) is 0 Å². The summed E-state index contributed by atoms with van der Waals surface area (Å²) in [5.74, 6) is -2.92. The number of carbonyl (C=O) groups is 3. The van der Waals surface area contributed by atoms with Crippen LogP contribution in [0.5, 0.6) is 0 Å². The summed E-state index contributed by atoms with van der Waals surface area (Å²) in [7, 11) is 0. The zero-order valence-corrected chi connectivity index (χ0v) is 11.8.